The minimum Gasteiger partial charge on any atom is -0.493 e. The number of hydrogen-bond acceptors (Lipinski definition) is 6. The van der Waals surface area contributed by atoms with Crippen LogP contribution in [0, 0.1) is 0 Å². The summed E-state index contributed by atoms with van der Waals surface area (Å²) in [4.78, 5) is 28.2. The fourth-order valence-corrected chi connectivity index (χ4v) is 2.43. The van der Waals surface area contributed by atoms with Crippen molar-refractivity contribution >= 4 is 16.9 Å². The summed E-state index contributed by atoms with van der Waals surface area (Å²) in [5.41, 5.74) is 0.414. The smallest absolute Gasteiger partial charge is 0.305 e. The van der Waals surface area contributed by atoms with E-state index >= 15 is 0 Å². The number of rotatable bonds is 8. The summed E-state index contributed by atoms with van der Waals surface area (Å²) in [5.74, 6) is 0.811. The number of benzene rings is 1. The Labute approximate surface area is 140 Å². The maximum atomic E-state index is 12.6. The lowest BCUT2D eigenvalue weighted by molar-refractivity contribution is -0.143. The Morgan fingerprint density at radius 2 is 1.88 bits per heavy atom. The van der Waals surface area contributed by atoms with Gasteiger partial charge in [0.1, 0.15) is 0 Å². The predicted molar refractivity (Wildman–Crippen MR) is 89.6 cm³/mol. The molecule has 1 aromatic carbocycles. The molecule has 130 valence electrons. The fraction of sp³-hybridized carbons (Fsp3) is 0.471. The van der Waals surface area contributed by atoms with Gasteiger partial charge in [-0.15, -0.1) is 0 Å². The first-order valence-electron chi connectivity index (χ1n) is 7.87. The molecule has 0 aliphatic carbocycles. The van der Waals surface area contributed by atoms with Gasteiger partial charge >= 0.3 is 5.97 Å². The average molecular weight is 334 g/mol. The van der Waals surface area contributed by atoms with Crippen molar-refractivity contribution in [3.63, 3.8) is 0 Å². The van der Waals surface area contributed by atoms with Gasteiger partial charge in [0.15, 0.2) is 11.5 Å². The number of hydrogen-bond donors (Lipinski definition) is 0. The van der Waals surface area contributed by atoms with Crippen LogP contribution in [0.2, 0.25) is 0 Å². The van der Waals surface area contributed by atoms with Gasteiger partial charge in [-0.2, -0.15) is 0 Å². The van der Waals surface area contributed by atoms with Crippen molar-refractivity contribution in [1.29, 1.82) is 0 Å². The van der Waals surface area contributed by atoms with Gasteiger partial charge in [0.25, 0.3) is 5.56 Å². The summed E-state index contributed by atoms with van der Waals surface area (Å²) in [6.07, 6.45) is 3.23. The molecule has 0 bridgehead atoms. The normalized spacial score (nSPS) is 10.6. The zero-order valence-electron chi connectivity index (χ0n) is 14.2. The first-order valence-corrected chi connectivity index (χ1v) is 7.87. The second-order valence-electron chi connectivity index (χ2n) is 5.23. The molecule has 0 aliphatic heterocycles. The molecule has 1 heterocycles. The van der Waals surface area contributed by atoms with E-state index in [0.717, 1.165) is 0 Å². The Balaban J connectivity index is 2.13. The Morgan fingerprint density at radius 1 is 1.17 bits per heavy atom. The highest BCUT2D eigenvalue weighted by molar-refractivity contribution is 5.81. The predicted octanol–water partition coefficient (Wildman–Crippen LogP) is 2.15. The van der Waals surface area contributed by atoms with Crippen LogP contribution in [0.15, 0.2) is 23.3 Å². The number of unbranched alkanes of at least 4 members (excludes halogenated alkanes) is 1. The minimum absolute atomic E-state index is 0.142. The van der Waals surface area contributed by atoms with Crippen LogP contribution in [0.1, 0.15) is 26.2 Å². The lowest BCUT2D eigenvalue weighted by Gasteiger charge is -2.10. The van der Waals surface area contributed by atoms with Crippen molar-refractivity contribution in [1.82, 2.24) is 9.55 Å². The quantitative estimate of drug-likeness (QED) is 0.543. The second-order valence-corrected chi connectivity index (χ2v) is 5.23. The van der Waals surface area contributed by atoms with Crippen LogP contribution in [0.5, 0.6) is 11.5 Å². The molecule has 0 saturated heterocycles. The maximum Gasteiger partial charge on any atom is 0.305 e. The van der Waals surface area contributed by atoms with Crippen LogP contribution in [0.25, 0.3) is 10.9 Å². The van der Waals surface area contributed by atoms with Crippen molar-refractivity contribution in [3.8, 4) is 11.5 Å². The number of carbonyl (C=O) groups excluding carboxylic acids is 1. The Bertz CT molecular complexity index is 769. The highest BCUT2D eigenvalue weighted by Crippen LogP contribution is 2.29. The van der Waals surface area contributed by atoms with Gasteiger partial charge in [0, 0.05) is 19.0 Å². The monoisotopic (exact) mass is 334 g/mol. The van der Waals surface area contributed by atoms with Crippen molar-refractivity contribution in [2.45, 2.75) is 32.7 Å². The first-order chi connectivity index (χ1) is 11.6. The Morgan fingerprint density at radius 3 is 2.54 bits per heavy atom. The molecular formula is C17H22N2O5. The van der Waals surface area contributed by atoms with E-state index in [1.165, 1.54) is 20.5 Å². The van der Waals surface area contributed by atoms with Crippen molar-refractivity contribution in [2.24, 2.45) is 0 Å². The number of methoxy groups -OCH3 is 2. The van der Waals surface area contributed by atoms with Crippen LogP contribution in [0.3, 0.4) is 0 Å². The lowest BCUT2D eigenvalue weighted by Crippen LogP contribution is -2.21. The number of esters is 1. The zero-order chi connectivity index (χ0) is 17.5. The van der Waals surface area contributed by atoms with Crippen LogP contribution in [-0.2, 0) is 16.1 Å². The number of fused-ring (bicyclic) bond motifs is 1. The van der Waals surface area contributed by atoms with E-state index in [0.29, 0.717) is 54.8 Å². The Kier molecular flexibility index (Phi) is 6.17. The Hall–Kier alpha value is -2.57. The molecular weight excluding hydrogens is 312 g/mol. The van der Waals surface area contributed by atoms with Crippen molar-refractivity contribution in [2.75, 3.05) is 20.8 Å². The molecule has 0 fully saturated rings. The number of carbonyl (C=O) groups is 1. The molecule has 0 unspecified atom stereocenters. The second kappa shape index (κ2) is 8.33. The van der Waals surface area contributed by atoms with Gasteiger partial charge in [0.2, 0.25) is 0 Å². The highest BCUT2D eigenvalue weighted by atomic mass is 16.5. The van der Waals surface area contributed by atoms with Gasteiger partial charge < -0.3 is 14.2 Å². The summed E-state index contributed by atoms with van der Waals surface area (Å²) >= 11 is 0. The molecule has 0 aliphatic rings. The molecule has 2 rings (SSSR count). The molecule has 24 heavy (non-hydrogen) atoms. The zero-order valence-corrected chi connectivity index (χ0v) is 14.2. The fourth-order valence-electron chi connectivity index (χ4n) is 2.43. The number of aromatic nitrogens is 2. The third-order valence-corrected chi connectivity index (χ3v) is 3.66. The minimum atomic E-state index is -0.210. The van der Waals surface area contributed by atoms with Gasteiger partial charge in [-0.25, -0.2) is 4.98 Å². The van der Waals surface area contributed by atoms with E-state index < -0.39 is 0 Å². The molecule has 0 N–H and O–H groups in total. The number of nitrogens with zero attached hydrogens (tertiary/aromatic N) is 2. The van der Waals surface area contributed by atoms with E-state index in [-0.39, 0.29) is 11.5 Å². The molecule has 7 heteroatoms. The van der Waals surface area contributed by atoms with Crippen LogP contribution < -0.4 is 15.0 Å². The molecule has 2 aromatic rings. The SMILES string of the molecule is CCOC(=O)CCCCn1cnc2cc(OC)c(OC)cc2c1=O. The topological polar surface area (TPSA) is 79.7 Å². The molecule has 7 nitrogen and oxygen atoms in total. The summed E-state index contributed by atoms with van der Waals surface area (Å²) in [6, 6.07) is 3.32. The molecule has 0 saturated carbocycles. The van der Waals surface area contributed by atoms with Crippen LogP contribution in [0.4, 0.5) is 0 Å². The largest absolute Gasteiger partial charge is 0.493 e. The maximum absolute atomic E-state index is 12.6. The molecule has 0 spiro atoms. The van der Waals surface area contributed by atoms with Crippen LogP contribution >= 0.6 is 0 Å². The van der Waals surface area contributed by atoms with Crippen molar-refractivity contribution in [3.05, 3.63) is 28.8 Å². The van der Waals surface area contributed by atoms with E-state index in [1.807, 2.05) is 0 Å². The molecule has 0 radical (unpaired) electrons. The van der Waals surface area contributed by atoms with Gasteiger partial charge in [-0.05, 0) is 25.8 Å². The lowest BCUT2D eigenvalue weighted by atomic mass is 10.2. The highest BCUT2D eigenvalue weighted by Gasteiger charge is 2.11. The van der Waals surface area contributed by atoms with E-state index in [2.05, 4.69) is 4.98 Å². The van der Waals surface area contributed by atoms with E-state index in [4.69, 9.17) is 14.2 Å². The third-order valence-electron chi connectivity index (χ3n) is 3.66. The summed E-state index contributed by atoms with van der Waals surface area (Å²) in [7, 11) is 3.06. The summed E-state index contributed by atoms with van der Waals surface area (Å²) in [6.45, 7) is 2.66. The van der Waals surface area contributed by atoms with Gasteiger partial charge in [0.05, 0.1) is 38.1 Å². The molecule has 1 aromatic heterocycles. The number of aryl methyl sites for hydroxylation is 1. The van der Waals surface area contributed by atoms with E-state index in [9.17, 15) is 9.59 Å². The molecule has 0 amide bonds. The standard InChI is InChI=1S/C17H22N2O5/c1-4-24-16(20)7-5-6-8-19-11-18-13-10-15(23-3)14(22-2)9-12(13)17(19)21/h9-11H,4-8H2,1-3H3. The van der Waals surface area contributed by atoms with Crippen molar-refractivity contribution < 1.29 is 19.0 Å². The first kappa shape index (κ1) is 17.8. The third kappa shape index (κ3) is 4.04. The van der Waals surface area contributed by atoms with Gasteiger partial charge in [-0.1, -0.05) is 0 Å². The average Bonchev–Trinajstić information content (AvgIpc) is 2.59. The van der Waals surface area contributed by atoms with E-state index in [1.54, 1.807) is 23.6 Å². The van der Waals surface area contributed by atoms with Gasteiger partial charge in [-0.3, -0.25) is 14.2 Å². The van der Waals surface area contributed by atoms with Crippen LogP contribution in [-0.4, -0.2) is 36.3 Å². The summed E-state index contributed by atoms with van der Waals surface area (Å²) in [5, 5.41) is 0.473. The summed E-state index contributed by atoms with van der Waals surface area (Å²) < 4.78 is 16.9. The number of ether oxygens (including phenoxy) is 3. The molecule has 0 atom stereocenters.